The van der Waals surface area contributed by atoms with E-state index in [1.807, 2.05) is 0 Å². The molecule has 0 unspecified atom stereocenters. The van der Waals surface area contributed by atoms with Crippen molar-refractivity contribution < 1.29 is 37.0 Å². The smallest absolute Gasteiger partial charge is 0.411 e. The highest BCUT2D eigenvalue weighted by Crippen LogP contribution is 2.38. The molecule has 11 nitrogen and oxygen atoms in total. The molecule has 1 fully saturated rings. The number of halogens is 3. The molecule has 14 heteroatoms. The van der Waals surface area contributed by atoms with E-state index in [2.05, 4.69) is 15.4 Å². The second-order valence-electron chi connectivity index (χ2n) is 9.53. The Morgan fingerprint density at radius 2 is 1.72 bits per heavy atom. The van der Waals surface area contributed by atoms with E-state index in [0.29, 0.717) is 26.9 Å². The number of amides is 4. The molecular formula is C29H25F3N6O5. The van der Waals surface area contributed by atoms with Crippen LogP contribution in [0.2, 0.25) is 0 Å². The van der Waals surface area contributed by atoms with Gasteiger partial charge in [-0.15, -0.1) is 0 Å². The average Bonchev–Trinajstić information content (AvgIpc) is 2.97. The Kier molecular flexibility index (Phi) is 7.68. The van der Waals surface area contributed by atoms with Crippen LogP contribution in [0, 0.1) is 22.9 Å². The van der Waals surface area contributed by atoms with Gasteiger partial charge >= 0.3 is 12.1 Å². The van der Waals surface area contributed by atoms with Gasteiger partial charge in [0.05, 0.1) is 50.1 Å². The molecule has 3 N–H and O–H groups in total. The van der Waals surface area contributed by atoms with Crippen LogP contribution in [0.1, 0.15) is 5.56 Å². The Hall–Kier alpha value is -5.53. The molecule has 0 aliphatic carbocycles. The number of imide groups is 1. The molecule has 1 saturated heterocycles. The highest BCUT2D eigenvalue weighted by atomic mass is 19.1. The van der Waals surface area contributed by atoms with E-state index in [-0.39, 0.29) is 23.6 Å². The van der Waals surface area contributed by atoms with Gasteiger partial charge in [-0.05, 0) is 42.5 Å². The summed E-state index contributed by atoms with van der Waals surface area (Å²) >= 11 is 0. The number of carbonyl (C=O) groups excluding carboxylic acids is 3. The van der Waals surface area contributed by atoms with Crippen LogP contribution in [-0.2, 0) is 16.1 Å². The largest absolute Gasteiger partial charge is 0.494 e. The first-order chi connectivity index (χ1) is 20.5. The topological polar surface area (TPSA) is 127 Å². The fraction of sp³-hybridized carbons (Fsp3) is 0.172. The molecular weight excluding hydrogens is 569 g/mol. The predicted octanol–water partition coefficient (Wildman–Crippen LogP) is 5.05. The quantitative estimate of drug-likeness (QED) is 0.353. The van der Waals surface area contributed by atoms with Crippen molar-refractivity contribution in [1.29, 1.82) is 5.41 Å². The van der Waals surface area contributed by atoms with Crippen molar-refractivity contribution in [3.8, 4) is 5.75 Å². The van der Waals surface area contributed by atoms with Gasteiger partial charge in [-0.2, -0.15) is 0 Å². The lowest BCUT2D eigenvalue weighted by atomic mass is 10.0. The zero-order valence-corrected chi connectivity index (χ0v) is 23.1. The lowest BCUT2D eigenvalue weighted by molar-refractivity contribution is -0.114. The van der Waals surface area contributed by atoms with Gasteiger partial charge in [0, 0.05) is 18.3 Å². The van der Waals surface area contributed by atoms with Crippen LogP contribution < -0.4 is 25.2 Å². The normalized spacial score (nSPS) is 16.6. The Morgan fingerprint density at radius 1 is 1.02 bits per heavy atom. The number of hydrogen-bond acceptors (Lipinski definition) is 8. The second-order valence-corrected chi connectivity index (χ2v) is 9.53. The molecule has 222 valence electrons. The van der Waals surface area contributed by atoms with Gasteiger partial charge in [0.25, 0.3) is 5.91 Å². The highest BCUT2D eigenvalue weighted by molar-refractivity contribution is 6.38. The first kappa shape index (κ1) is 29.0. The number of anilines is 4. The zero-order chi connectivity index (χ0) is 31.0. The number of nitrogens with zero attached hydrogens (tertiary/aromatic N) is 3. The summed E-state index contributed by atoms with van der Waals surface area (Å²) in [6, 6.07) is 10.7. The number of ether oxygens (including phenoxy) is 2. The maximum atomic E-state index is 15.4. The predicted molar refractivity (Wildman–Crippen MR) is 152 cm³/mol. The number of likely N-dealkylation sites (N-methyl/N-ethyl adjacent to an activating group) is 1. The Labute approximate surface area is 243 Å². The molecule has 2 aliphatic heterocycles. The molecule has 2 aliphatic rings. The number of rotatable bonds is 5. The van der Waals surface area contributed by atoms with Gasteiger partial charge in [-0.3, -0.25) is 20.4 Å². The number of benzene rings is 3. The maximum absolute atomic E-state index is 15.4. The molecule has 0 radical (unpaired) electrons. The summed E-state index contributed by atoms with van der Waals surface area (Å²) in [6.45, 7) is -0.750. The van der Waals surface area contributed by atoms with Crippen LogP contribution in [0.5, 0.6) is 5.75 Å². The van der Waals surface area contributed by atoms with E-state index in [0.717, 1.165) is 18.2 Å². The highest BCUT2D eigenvalue weighted by Gasteiger charge is 2.44. The molecule has 3 aromatic carbocycles. The number of urea groups is 1. The molecule has 43 heavy (non-hydrogen) atoms. The second kappa shape index (κ2) is 11.4. The summed E-state index contributed by atoms with van der Waals surface area (Å²) < 4.78 is 54.4. The molecule has 0 saturated carbocycles. The number of hydrogen-bond donors (Lipinski definition) is 3. The number of carbonyl (C=O) groups is 3. The Morgan fingerprint density at radius 3 is 2.40 bits per heavy atom. The molecule has 4 amide bonds. The molecule has 0 spiro atoms. The van der Waals surface area contributed by atoms with Crippen molar-refractivity contribution >= 4 is 46.6 Å². The minimum absolute atomic E-state index is 0.00263. The Bertz CT molecular complexity index is 1690. The van der Waals surface area contributed by atoms with Crippen molar-refractivity contribution in [2.75, 3.05) is 48.2 Å². The van der Waals surface area contributed by atoms with E-state index < -0.39 is 59.1 Å². The average molecular weight is 595 g/mol. The van der Waals surface area contributed by atoms with E-state index in [4.69, 9.17) is 10.1 Å². The maximum Gasteiger partial charge on any atom is 0.411 e. The first-order valence-corrected chi connectivity index (χ1v) is 12.8. The van der Waals surface area contributed by atoms with Gasteiger partial charge < -0.3 is 19.7 Å². The summed E-state index contributed by atoms with van der Waals surface area (Å²) in [5, 5.41) is 14.5. The fourth-order valence-electron chi connectivity index (χ4n) is 4.82. The first-order valence-electron chi connectivity index (χ1n) is 12.8. The van der Waals surface area contributed by atoms with Crippen LogP contribution in [0.3, 0.4) is 0 Å². The van der Waals surface area contributed by atoms with Crippen LogP contribution in [0.4, 0.5) is 45.5 Å². The number of nitrogens with one attached hydrogen (secondary N) is 3. The van der Waals surface area contributed by atoms with Crippen LogP contribution in [0.25, 0.3) is 0 Å². The molecule has 0 bridgehead atoms. The molecule has 0 atom stereocenters. The van der Waals surface area contributed by atoms with Crippen molar-refractivity contribution in [3.63, 3.8) is 0 Å². The third kappa shape index (κ3) is 5.18. The van der Waals surface area contributed by atoms with Crippen molar-refractivity contribution in [2.45, 2.75) is 6.54 Å². The monoisotopic (exact) mass is 594 g/mol. The number of amidine groups is 1. The molecule has 5 rings (SSSR count). The van der Waals surface area contributed by atoms with Gasteiger partial charge in [0.15, 0.2) is 11.6 Å². The molecule has 0 aromatic heterocycles. The van der Waals surface area contributed by atoms with Crippen LogP contribution in [-0.4, -0.2) is 56.6 Å². The number of fused-ring (bicyclic) bond motifs is 1. The van der Waals surface area contributed by atoms with Gasteiger partial charge in [0.2, 0.25) is 0 Å². The number of methoxy groups -OCH3 is 2. The minimum Gasteiger partial charge on any atom is -0.494 e. The third-order valence-corrected chi connectivity index (χ3v) is 6.95. The van der Waals surface area contributed by atoms with Crippen LogP contribution >= 0.6 is 0 Å². The van der Waals surface area contributed by atoms with Gasteiger partial charge in [-0.1, -0.05) is 12.1 Å². The zero-order valence-electron chi connectivity index (χ0n) is 23.1. The summed E-state index contributed by atoms with van der Waals surface area (Å²) in [7, 11) is 4.13. The van der Waals surface area contributed by atoms with Crippen molar-refractivity contribution in [2.24, 2.45) is 0 Å². The SMILES string of the molecule is COC(=O)Nc1ccc2c(c1)N(C)C/C(=C1/C(=N)N(Cc3c(F)cccc3F)C(=O)N(c3cccc(OC)c3F)C1=O)N2. The van der Waals surface area contributed by atoms with E-state index in [9.17, 15) is 23.2 Å². The summed E-state index contributed by atoms with van der Waals surface area (Å²) in [5.74, 6) is -4.87. The lowest BCUT2D eigenvalue weighted by Crippen LogP contribution is -2.57. The van der Waals surface area contributed by atoms with Gasteiger partial charge in [0.1, 0.15) is 23.0 Å². The molecule has 3 aromatic rings. The van der Waals surface area contributed by atoms with E-state index >= 15 is 4.39 Å². The van der Waals surface area contributed by atoms with Gasteiger partial charge in [-0.25, -0.2) is 27.7 Å². The van der Waals surface area contributed by atoms with Crippen molar-refractivity contribution in [3.05, 3.63) is 88.9 Å². The Balaban J connectivity index is 1.63. The third-order valence-electron chi connectivity index (χ3n) is 6.95. The lowest BCUT2D eigenvalue weighted by Gasteiger charge is -2.39. The fourth-order valence-corrected chi connectivity index (χ4v) is 4.82. The van der Waals surface area contributed by atoms with Crippen LogP contribution in [0.15, 0.2) is 65.9 Å². The summed E-state index contributed by atoms with van der Waals surface area (Å²) in [4.78, 5) is 42.2. The standard InChI is InChI=1S/C29H25F3N6O5/c1-36-14-20(35-19-11-10-15(12-22(19)36)34-28(40)43-3)24-26(33)37(13-16-17(30)6-4-7-18(16)31)29(41)38(27(24)39)21-8-5-9-23(42-2)25(21)32/h4-12,33,35H,13-14H2,1-3H3,(H,34,40)/b24-20+,33-26?. The minimum atomic E-state index is -1.18. The molecule has 2 heterocycles. The van der Waals surface area contributed by atoms with E-state index in [1.165, 1.54) is 32.4 Å². The van der Waals surface area contributed by atoms with E-state index in [1.54, 1.807) is 30.1 Å². The van der Waals surface area contributed by atoms with Crippen molar-refractivity contribution in [1.82, 2.24) is 4.90 Å². The summed E-state index contributed by atoms with van der Waals surface area (Å²) in [5.41, 5.74) is 0.378. The summed E-state index contributed by atoms with van der Waals surface area (Å²) in [6.07, 6.45) is -0.670.